The van der Waals surface area contributed by atoms with Crippen LogP contribution in [0, 0.1) is 11.3 Å². The largest absolute Gasteiger partial charge is 0.507 e. The maximum absolute atomic E-state index is 12.3. The third kappa shape index (κ3) is 2.05. The predicted molar refractivity (Wildman–Crippen MR) is 91.2 cm³/mol. The first-order valence-corrected chi connectivity index (χ1v) is 9.13. The highest BCUT2D eigenvalue weighted by atomic mass is 16.6. The summed E-state index contributed by atoms with van der Waals surface area (Å²) >= 11 is 0. The van der Waals surface area contributed by atoms with Gasteiger partial charge in [-0.25, -0.2) is 4.79 Å². The number of aliphatic hydroxyl groups is 2. The van der Waals surface area contributed by atoms with Crippen molar-refractivity contribution in [2.45, 2.75) is 71.2 Å². The molecule has 5 heteroatoms. The van der Waals surface area contributed by atoms with Crippen LogP contribution in [0.1, 0.15) is 85.4 Å². The Hall–Kier alpha value is -1.59. The summed E-state index contributed by atoms with van der Waals surface area (Å²) in [5.41, 5.74) is 2.43. The first-order chi connectivity index (χ1) is 11.7. The highest BCUT2D eigenvalue weighted by Crippen LogP contribution is 2.60. The summed E-state index contributed by atoms with van der Waals surface area (Å²) in [5, 5.41) is 31.0. The van der Waals surface area contributed by atoms with Gasteiger partial charge in [0.1, 0.15) is 5.75 Å². The summed E-state index contributed by atoms with van der Waals surface area (Å²) in [5.74, 6) is -0.247. The number of cyclic esters (lactones) is 1. The van der Waals surface area contributed by atoms with E-state index in [1.54, 1.807) is 0 Å². The lowest BCUT2D eigenvalue weighted by Crippen LogP contribution is -2.48. The molecule has 0 unspecified atom stereocenters. The molecule has 0 aromatic heterocycles. The summed E-state index contributed by atoms with van der Waals surface area (Å²) in [7, 11) is 0. The molecule has 1 aliphatic heterocycles. The van der Waals surface area contributed by atoms with Crippen LogP contribution in [-0.4, -0.2) is 21.3 Å². The number of rotatable bonds is 1. The molecule has 4 rings (SSSR count). The van der Waals surface area contributed by atoms with E-state index < -0.39 is 18.9 Å². The summed E-state index contributed by atoms with van der Waals surface area (Å²) in [6, 6.07) is 0. The maximum Gasteiger partial charge on any atom is 0.341 e. The number of ether oxygens (including phenoxy) is 1. The van der Waals surface area contributed by atoms with Crippen LogP contribution in [-0.2, 0) is 23.2 Å². The van der Waals surface area contributed by atoms with Gasteiger partial charge in [0.05, 0.1) is 12.2 Å². The Morgan fingerprint density at radius 3 is 2.64 bits per heavy atom. The number of esters is 1. The van der Waals surface area contributed by atoms with E-state index in [0.29, 0.717) is 17.9 Å². The number of hydrogen-bond donors (Lipinski definition) is 3. The van der Waals surface area contributed by atoms with Crippen molar-refractivity contribution in [2.24, 2.45) is 11.3 Å². The van der Waals surface area contributed by atoms with Crippen molar-refractivity contribution in [3.63, 3.8) is 0 Å². The third-order valence-corrected chi connectivity index (χ3v) is 7.03. The van der Waals surface area contributed by atoms with Gasteiger partial charge in [0, 0.05) is 11.1 Å². The molecule has 1 saturated carbocycles. The van der Waals surface area contributed by atoms with Gasteiger partial charge in [0.25, 0.3) is 0 Å². The zero-order valence-electron chi connectivity index (χ0n) is 15.1. The SMILES string of the molecule is CC1(C)CCC[C@]2(C)c3c(c(O)c(CO)c4c3[C@@H](O)OC4=O)CC[C@@H]12. The number of phenols is 1. The summed E-state index contributed by atoms with van der Waals surface area (Å²) in [6.45, 7) is 6.33. The number of benzene rings is 1. The van der Waals surface area contributed by atoms with E-state index in [1.165, 1.54) is 0 Å². The highest BCUT2D eigenvalue weighted by Gasteiger charge is 2.53. The van der Waals surface area contributed by atoms with E-state index in [-0.39, 0.29) is 27.7 Å². The van der Waals surface area contributed by atoms with E-state index in [9.17, 15) is 20.1 Å². The number of aliphatic hydroxyl groups excluding tert-OH is 2. The lowest BCUT2D eigenvalue weighted by molar-refractivity contribution is -0.0570. The molecular weight excluding hydrogens is 320 g/mol. The predicted octanol–water partition coefficient (Wildman–Crippen LogP) is 3.08. The molecule has 0 amide bonds. The number of fused-ring (bicyclic) bond motifs is 5. The summed E-state index contributed by atoms with van der Waals surface area (Å²) < 4.78 is 5.07. The molecule has 5 nitrogen and oxygen atoms in total. The van der Waals surface area contributed by atoms with Gasteiger partial charge in [-0.3, -0.25) is 0 Å². The van der Waals surface area contributed by atoms with Crippen molar-refractivity contribution in [1.29, 1.82) is 0 Å². The Morgan fingerprint density at radius 1 is 1.24 bits per heavy atom. The quantitative estimate of drug-likeness (QED) is 0.680. The molecule has 1 heterocycles. The van der Waals surface area contributed by atoms with Crippen LogP contribution in [0.2, 0.25) is 0 Å². The fraction of sp³-hybridized carbons (Fsp3) is 0.650. The van der Waals surface area contributed by atoms with Crippen molar-refractivity contribution in [3.05, 3.63) is 27.8 Å². The molecule has 0 spiro atoms. The Labute approximate surface area is 147 Å². The van der Waals surface area contributed by atoms with E-state index in [1.807, 2.05) is 0 Å². The minimum atomic E-state index is -1.32. The Kier molecular flexibility index (Phi) is 3.51. The summed E-state index contributed by atoms with van der Waals surface area (Å²) in [4.78, 5) is 12.3. The van der Waals surface area contributed by atoms with Gasteiger partial charge in [0.2, 0.25) is 6.29 Å². The topological polar surface area (TPSA) is 87.0 Å². The number of carbonyl (C=O) groups excluding carboxylic acids is 1. The second-order valence-corrected chi connectivity index (χ2v) is 8.74. The normalized spacial score (nSPS) is 32.6. The highest BCUT2D eigenvalue weighted by molar-refractivity contribution is 5.97. The van der Waals surface area contributed by atoms with Gasteiger partial charge in [0.15, 0.2) is 0 Å². The minimum absolute atomic E-state index is 0.00496. The first kappa shape index (κ1) is 16.9. The van der Waals surface area contributed by atoms with Gasteiger partial charge in [-0.2, -0.15) is 0 Å². The van der Waals surface area contributed by atoms with E-state index in [0.717, 1.165) is 36.8 Å². The Bertz CT molecular complexity index is 766. The first-order valence-electron chi connectivity index (χ1n) is 9.13. The zero-order valence-corrected chi connectivity index (χ0v) is 15.1. The van der Waals surface area contributed by atoms with E-state index >= 15 is 0 Å². The van der Waals surface area contributed by atoms with E-state index in [4.69, 9.17) is 4.74 Å². The lowest BCUT2D eigenvalue weighted by Gasteiger charge is -2.55. The molecule has 1 fully saturated rings. The van der Waals surface area contributed by atoms with Crippen molar-refractivity contribution in [2.75, 3.05) is 0 Å². The monoisotopic (exact) mass is 346 g/mol. The van der Waals surface area contributed by atoms with Crippen LogP contribution in [0.25, 0.3) is 0 Å². The van der Waals surface area contributed by atoms with Crippen molar-refractivity contribution in [3.8, 4) is 5.75 Å². The number of carbonyl (C=O) groups is 1. The van der Waals surface area contributed by atoms with Crippen LogP contribution in [0.3, 0.4) is 0 Å². The van der Waals surface area contributed by atoms with Crippen molar-refractivity contribution >= 4 is 5.97 Å². The van der Waals surface area contributed by atoms with Crippen molar-refractivity contribution in [1.82, 2.24) is 0 Å². The fourth-order valence-electron chi connectivity index (χ4n) is 6.04. The van der Waals surface area contributed by atoms with Gasteiger partial charge in [-0.1, -0.05) is 27.2 Å². The lowest BCUT2D eigenvalue weighted by atomic mass is 9.49. The van der Waals surface area contributed by atoms with Crippen LogP contribution >= 0.6 is 0 Å². The molecule has 2 aliphatic carbocycles. The molecule has 0 bridgehead atoms. The fourth-order valence-corrected chi connectivity index (χ4v) is 6.04. The molecular formula is C20H26O5. The third-order valence-electron chi connectivity index (χ3n) is 7.03. The van der Waals surface area contributed by atoms with Crippen molar-refractivity contribution < 1.29 is 24.9 Å². The molecule has 1 aromatic rings. The zero-order chi connectivity index (χ0) is 18.1. The average molecular weight is 346 g/mol. The molecule has 136 valence electrons. The van der Waals surface area contributed by atoms with E-state index in [2.05, 4.69) is 20.8 Å². The number of hydrogen-bond acceptors (Lipinski definition) is 5. The van der Waals surface area contributed by atoms with Crippen LogP contribution in [0.4, 0.5) is 0 Å². The van der Waals surface area contributed by atoms with Crippen LogP contribution in [0.5, 0.6) is 5.75 Å². The second-order valence-electron chi connectivity index (χ2n) is 8.74. The summed E-state index contributed by atoms with van der Waals surface area (Å²) in [6.07, 6.45) is 3.51. The standard InChI is InChI=1S/C20H26O5/c1-19(2)7-4-8-20(3)12(19)6-5-10-15(20)14-13(11(9-21)16(10)22)17(23)25-18(14)24/h12,18,21-22,24H,4-9H2,1-3H3/t12-,18-,20-/m0/s1. The molecule has 3 N–H and O–H groups in total. The molecule has 3 aliphatic rings. The molecule has 25 heavy (non-hydrogen) atoms. The van der Waals surface area contributed by atoms with Gasteiger partial charge in [-0.05, 0) is 53.6 Å². The van der Waals surface area contributed by atoms with Gasteiger partial charge >= 0.3 is 5.97 Å². The van der Waals surface area contributed by atoms with Gasteiger partial charge in [-0.15, -0.1) is 0 Å². The molecule has 0 radical (unpaired) electrons. The van der Waals surface area contributed by atoms with Crippen LogP contribution < -0.4 is 0 Å². The molecule has 3 atom stereocenters. The smallest absolute Gasteiger partial charge is 0.341 e. The maximum atomic E-state index is 12.3. The minimum Gasteiger partial charge on any atom is -0.507 e. The molecule has 0 saturated heterocycles. The van der Waals surface area contributed by atoms with Crippen LogP contribution in [0.15, 0.2) is 0 Å². The number of aromatic hydroxyl groups is 1. The second kappa shape index (κ2) is 5.21. The average Bonchev–Trinajstić information content (AvgIpc) is 2.81. The molecule has 1 aromatic carbocycles. The van der Waals surface area contributed by atoms with Gasteiger partial charge < -0.3 is 20.1 Å². The Balaban J connectivity index is 2.05. The Morgan fingerprint density at radius 2 is 1.96 bits per heavy atom.